The van der Waals surface area contributed by atoms with E-state index in [1.165, 1.54) is 71.5 Å². The summed E-state index contributed by atoms with van der Waals surface area (Å²) < 4.78 is 2.33. The fraction of sp³-hybridized carbons (Fsp3) is 0.0189. The van der Waals surface area contributed by atoms with Crippen LogP contribution in [-0.4, -0.2) is 9.97 Å². The Morgan fingerprint density at radius 1 is 0.357 bits per heavy atom. The van der Waals surface area contributed by atoms with Crippen molar-refractivity contribution >= 4 is 31.6 Å². The van der Waals surface area contributed by atoms with Gasteiger partial charge in [0.05, 0.1) is 21.3 Å². The summed E-state index contributed by atoms with van der Waals surface area (Å²) in [6.07, 6.45) is 0. The number of hydrogen-bond acceptors (Lipinski definition) is 3. The molecule has 3 heteroatoms. The van der Waals surface area contributed by atoms with Gasteiger partial charge in [0, 0.05) is 21.2 Å². The minimum atomic E-state index is -0.517. The molecule has 0 unspecified atom stereocenters. The van der Waals surface area contributed by atoms with Gasteiger partial charge in [-0.1, -0.05) is 182 Å². The van der Waals surface area contributed by atoms with Crippen molar-refractivity contribution < 1.29 is 0 Å². The van der Waals surface area contributed by atoms with Crippen molar-refractivity contribution in [2.75, 3.05) is 0 Å². The van der Waals surface area contributed by atoms with E-state index in [0.717, 1.165) is 38.2 Å². The largest absolute Gasteiger partial charge is 0.226 e. The normalized spacial score (nSPS) is 13.1. The number of benzene rings is 8. The van der Waals surface area contributed by atoms with Crippen LogP contribution in [0.4, 0.5) is 0 Å². The summed E-state index contributed by atoms with van der Waals surface area (Å²) in [5, 5.41) is 1.16. The Bertz CT molecular complexity index is 3130. The molecule has 12 rings (SSSR count). The maximum Gasteiger partial charge on any atom is 0.160 e. The summed E-state index contributed by atoms with van der Waals surface area (Å²) in [6, 6.07) is 70.9. The first-order valence-corrected chi connectivity index (χ1v) is 20.0. The highest BCUT2D eigenvalue weighted by molar-refractivity contribution is 7.26. The summed E-state index contributed by atoms with van der Waals surface area (Å²) in [5.41, 5.74) is 18.7. The molecule has 2 aliphatic carbocycles. The van der Waals surface area contributed by atoms with Crippen molar-refractivity contribution in [1.29, 1.82) is 0 Å². The summed E-state index contributed by atoms with van der Waals surface area (Å²) in [4.78, 5) is 10.8. The van der Waals surface area contributed by atoms with E-state index in [2.05, 4.69) is 194 Å². The average Bonchev–Trinajstić information content (AvgIpc) is 3.76. The predicted octanol–water partition coefficient (Wildman–Crippen LogP) is 13.9. The quantitative estimate of drug-likeness (QED) is 0.181. The zero-order chi connectivity index (χ0) is 36.8. The van der Waals surface area contributed by atoms with Crippen LogP contribution in [0.5, 0.6) is 0 Å². The molecule has 0 N–H and O–H groups in total. The Morgan fingerprint density at radius 3 is 1.50 bits per heavy atom. The van der Waals surface area contributed by atoms with Crippen LogP contribution in [0.25, 0.3) is 87.5 Å². The molecule has 2 aromatic heterocycles. The second-order valence-corrected chi connectivity index (χ2v) is 15.9. The molecular weight excluding hydrogens is 697 g/mol. The van der Waals surface area contributed by atoms with E-state index in [1.54, 1.807) is 11.3 Å². The molecule has 260 valence electrons. The zero-order valence-corrected chi connectivity index (χ0v) is 31.1. The third kappa shape index (κ3) is 4.38. The van der Waals surface area contributed by atoms with Crippen LogP contribution in [0.15, 0.2) is 194 Å². The second kappa shape index (κ2) is 12.0. The lowest BCUT2D eigenvalue weighted by molar-refractivity contribution is 0.775. The standard InChI is InChI=1S/C53H32N2S/c1-2-14-33(15-3-1)34-26-28-35(29-27-34)49-51-50(42-21-9-13-25-48(42)56-51)55-52(54-49)36-30-31-47-43(32-36)41-20-8-12-24-46(41)53(47)44-22-10-6-18-39(44)37-16-4-5-17-38(37)40-19-7-11-23-45(40)53/h1-32H. The first-order valence-electron chi connectivity index (χ1n) is 19.2. The molecule has 0 radical (unpaired) electrons. The molecular formula is C53H32N2S. The van der Waals surface area contributed by atoms with Gasteiger partial charge < -0.3 is 0 Å². The Labute approximate surface area is 329 Å². The lowest BCUT2D eigenvalue weighted by Gasteiger charge is -2.35. The van der Waals surface area contributed by atoms with Crippen LogP contribution < -0.4 is 0 Å². The van der Waals surface area contributed by atoms with Crippen molar-refractivity contribution in [2.24, 2.45) is 0 Å². The zero-order valence-electron chi connectivity index (χ0n) is 30.3. The highest BCUT2D eigenvalue weighted by Crippen LogP contribution is 2.61. The maximum absolute atomic E-state index is 5.44. The van der Waals surface area contributed by atoms with Gasteiger partial charge in [-0.2, -0.15) is 0 Å². The Hall–Kier alpha value is -6.94. The van der Waals surface area contributed by atoms with E-state index < -0.39 is 5.41 Å². The van der Waals surface area contributed by atoms with Crippen LogP contribution in [0.1, 0.15) is 22.3 Å². The van der Waals surface area contributed by atoms with Crippen LogP contribution >= 0.6 is 11.3 Å². The summed E-state index contributed by atoms with van der Waals surface area (Å²) in [6.45, 7) is 0. The molecule has 2 nitrogen and oxygen atoms in total. The molecule has 0 atom stereocenters. The van der Waals surface area contributed by atoms with E-state index in [-0.39, 0.29) is 0 Å². The van der Waals surface area contributed by atoms with Crippen LogP contribution in [-0.2, 0) is 5.41 Å². The number of rotatable bonds is 3. The van der Waals surface area contributed by atoms with Gasteiger partial charge in [-0.3, -0.25) is 0 Å². The molecule has 10 aromatic rings. The van der Waals surface area contributed by atoms with Gasteiger partial charge >= 0.3 is 0 Å². The number of hydrogen-bond donors (Lipinski definition) is 0. The van der Waals surface area contributed by atoms with Gasteiger partial charge in [-0.05, 0) is 78.9 Å². The van der Waals surface area contributed by atoms with Crippen molar-refractivity contribution in [1.82, 2.24) is 9.97 Å². The number of thiophene rings is 1. The maximum atomic E-state index is 5.44. The molecule has 0 saturated carbocycles. The molecule has 0 bridgehead atoms. The smallest absolute Gasteiger partial charge is 0.160 e. The fourth-order valence-corrected chi connectivity index (χ4v) is 10.7. The van der Waals surface area contributed by atoms with E-state index in [0.29, 0.717) is 0 Å². The first-order chi connectivity index (χ1) is 27.8. The third-order valence-electron chi connectivity index (χ3n) is 12.0. The second-order valence-electron chi connectivity index (χ2n) is 14.8. The van der Waals surface area contributed by atoms with E-state index in [1.807, 2.05) is 0 Å². The predicted molar refractivity (Wildman–Crippen MR) is 233 cm³/mol. The van der Waals surface area contributed by atoms with Crippen LogP contribution in [0.3, 0.4) is 0 Å². The number of nitrogens with zero attached hydrogens (tertiary/aromatic N) is 2. The Morgan fingerprint density at radius 2 is 0.839 bits per heavy atom. The van der Waals surface area contributed by atoms with Gasteiger partial charge in [0.1, 0.15) is 0 Å². The number of fused-ring (bicyclic) bond motifs is 15. The van der Waals surface area contributed by atoms with E-state index >= 15 is 0 Å². The van der Waals surface area contributed by atoms with Crippen LogP contribution in [0, 0.1) is 0 Å². The van der Waals surface area contributed by atoms with E-state index in [4.69, 9.17) is 9.97 Å². The van der Waals surface area contributed by atoms with Gasteiger partial charge in [0.2, 0.25) is 0 Å². The summed E-state index contributed by atoms with van der Waals surface area (Å²) in [7, 11) is 0. The van der Waals surface area contributed by atoms with Crippen molar-refractivity contribution in [3.8, 4) is 67.2 Å². The molecule has 56 heavy (non-hydrogen) atoms. The lowest BCUT2D eigenvalue weighted by Crippen LogP contribution is -2.29. The Balaban J connectivity index is 1.10. The number of aromatic nitrogens is 2. The molecule has 0 fully saturated rings. The molecule has 2 aliphatic rings. The third-order valence-corrected chi connectivity index (χ3v) is 13.1. The molecule has 2 heterocycles. The van der Waals surface area contributed by atoms with E-state index in [9.17, 15) is 0 Å². The molecule has 8 aromatic carbocycles. The molecule has 0 amide bonds. The lowest BCUT2D eigenvalue weighted by atomic mass is 9.66. The molecule has 0 aliphatic heterocycles. The van der Waals surface area contributed by atoms with Gasteiger partial charge in [0.15, 0.2) is 5.82 Å². The van der Waals surface area contributed by atoms with Crippen molar-refractivity contribution in [2.45, 2.75) is 5.41 Å². The fourth-order valence-electron chi connectivity index (χ4n) is 9.56. The van der Waals surface area contributed by atoms with Crippen molar-refractivity contribution in [3.63, 3.8) is 0 Å². The van der Waals surface area contributed by atoms with Crippen molar-refractivity contribution in [3.05, 3.63) is 216 Å². The average molecular weight is 729 g/mol. The topological polar surface area (TPSA) is 25.8 Å². The highest BCUT2D eigenvalue weighted by atomic mass is 32.1. The molecule has 0 saturated heterocycles. The van der Waals surface area contributed by atoms with Gasteiger partial charge in [-0.15, -0.1) is 11.3 Å². The first kappa shape index (κ1) is 31.4. The molecule has 1 spiro atoms. The highest BCUT2D eigenvalue weighted by Gasteiger charge is 2.49. The monoisotopic (exact) mass is 728 g/mol. The minimum Gasteiger partial charge on any atom is -0.226 e. The minimum absolute atomic E-state index is 0.517. The Kier molecular flexibility index (Phi) is 6.75. The summed E-state index contributed by atoms with van der Waals surface area (Å²) in [5.74, 6) is 0.735. The van der Waals surface area contributed by atoms with Crippen LogP contribution in [0.2, 0.25) is 0 Å². The summed E-state index contributed by atoms with van der Waals surface area (Å²) >= 11 is 1.77. The van der Waals surface area contributed by atoms with Gasteiger partial charge in [-0.25, -0.2) is 9.97 Å². The SMILES string of the molecule is c1ccc(-c2ccc(-c3nc(-c4ccc5c(c4)-c4ccccc4C54c5ccccc5-c5ccccc5-c5ccccc54)nc4c3sc3ccccc34)cc2)cc1. The van der Waals surface area contributed by atoms with Gasteiger partial charge in [0.25, 0.3) is 0 Å².